The van der Waals surface area contributed by atoms with E-state index in [2.05, 4.69) is 44.0 Å². The van der Waals surface area contributed by atoms with Crippen molar-refractivity contribution in [2.75, 3.05) is 0 Å². The summed E-state index contributed by atoms with van der Waals surface area (Å²) < 4.78 is 1.91. The molecule has 0 saturated carbocycles. The first-order valence-corrected chi connectivity index (χ1v) is 5.99. The molecule has 92 valence electrons. The van der Waals surface area contributed by atoms with Crippen molar-refractivity contribution < 1.29 is 0 Å². The second-order valence-corrected chi connectivity index (χ2v) is 4.75. The van der Waals surface area contributed by atoms with Crippen LogP contribution in [0, 0.1) is 32.1 Å². The summed E-state index contributed by atoms with van der Waals surface area (Å²) in [6.07, 6.45) is 3.60. The summed E-state index contributed by atoms with van der Waals surface area (Å²) in [7, 11) is 1.92. The zero-order valence-corrected chi connectivity index (χ0v) is 11.2. The van der Waals surface area contributed by atoms with Gasteiger partial charge in [0.2, 0.25) is 0 Å². The Kier molecular flexibility index (Phi) is 3.20. The largest absolute Gasteiger partial charge is 0.337 e. The lowest BCUT2D eigenvalue weighted by atomic mass is 9.91. The van der Waals surface area contributed by atoms with Gasteiger partial charge in [0.1, 0.15) is 11.7 Å². The number of rotatable bonds is 2. The molecule has 0 spiro atoms. The fourth-order valence-corrected chi connectivity index (χ4v) is 2.22. The molecule has 0 fully saturated rings. The van der Waals surface area contributed by atoms with Crippen molar-refractivity contribution in [2.24, 2.45) is 7.05 Å². The summed E-state index contributed by atoms with van der Waals surface area (Å²) >= 11 is 0. The van der Waals surface area contributed by atoms with Gasteiger partial charge in [-0.15, -0.1) is 0 Å². The van der Waals surface area contributed by atoms with Crippen molar-refractivity contribution in [3.05, 3.63) is 52.6 Å². The number of hydrogen-bond donors (Lipinski definition) is 0. The average Bonchev–Trinajstić information content (AvgIpc) is 2.73. The van der Waals surface area contributed by atoms with Crippen LogP contribution in [0.5, 0.6) is 0 Å². The summed E-state index contributed by atoms with van der Waals surface area (Å²) in [5, 5.41) is 9.46. The summed E-state index contributed by atoms with van der Waals surface area (Å²) in [5.74, 6) is 0.494. The van der Waals surface area contributed by atoms with Gasteiger partial charge in [0.25, 0.3) is 0 Å². The van der Waals surface area contributed by atoms with Gasteiger partial charge in [-0.05, 0) is 43.0 Å². The van der Waals surface area contributed by atoms with Gasteiger partial charge in [-0.2, -0.15) is 5.26 Å². The standard InChI is InChI=1S/C15H17N3/c1-10-7-12(3)13(8-11(10)2)14(9-16)15-17-5-6-18(15)4/h5-8,14H,1-4H3. The van der Waals surface area contributed by atoms with Crippen LogP contribution in [-0.2, 0) is 7.05 Å². The molecule has 0 saturated heterocycles. The van der Waals surface area contributed by atoms with E-state index in [0.29, 0.717) is 0 Å². The molecule has 0 aliphatic rings. The van der Waals surface area contributed by atoms with Crippen LogP contribution in [-0.4, -0.2) is 9.55 Å². The molecule has 1 atom stereocenters. The van der Waals surface area contributed by atoms with E-state index >= 15 is 0 Å². The minimum absolute atomic E-state index is 0.302. The van der Waals surface area contributed by atoms with E-state index in [0.717, 1.165) is 17.0 Å². The molecule has 0 amide bonds. The van der Waals surface area contributed by atoms with Gasteiger partial charge in [0, 0.05) is 19.4 Å². The van der Waals surface area contributed by atoms with Crippen LogP contribution in [0.1, 0.15) is 34.0 Å². The van der Waals surface area contributed by atoms with Gasteiger partial charge in [-0.1, -0.05) is 12.1 Å². The zero-order valence-electron chi connectivity index (χ0n) is 11.2. The van der Waals surface area contributed by atoms with E-state index in [1.165, 1.54) is 11.1 Å². The maximum absolute atomic E-state index is 9.46. The topological polar surface area (TPSA) is 41.6 Å². The van der Waals surface area contributed by atoms with Crippen molar-refractivity contribution >= 4 is 0 Å². The van der Waals surface area contributed by atoms with Crippen LogP contribution >= 0.6 is 0 Å². The van der Waals surface area contributed by atoms with Crippen LogP contribution in [0.15, 0.2) is 24.5 Å². The molecule has 1 aromatic carbocycles. The summed E-state index contributed by atoms with van der Waals surface area (Å²) in [6, 6.07) is 6.61. The summed E-state index contributed by atoms with van der Waals surface area (Å²) in [6.45, 7) is 6.22. The molecular formula is C15H17N3. The van der Waals surface area contributed by atoms with Crippen LogP contribution < -0.4 is 0 Å². The number of benzene rings is 1. The highest BCUT2D eigenvalue weighted by Gasteiger charge is 2.20. The fraction of sp³-hybridized carbons (Fsp3) is 0.333. The summed E-state index contributed by atoms with van der Waals surface area (Å²) in [4.78, 5) is 4.30. The zero-order chi connectivity index (χ0) is 13.3. The minimum atomic E-state index is -0.302. The molecular weight excluding hydrogens is 222 g/mol. The van der Waals surface area contributed by atoms with Gasteiger partial charge in [-0.25, -0.2) is 4.98 Å². The Morgan fingerprint density at radius 3 is 2.39 bits per heavy atom. The Hall–Kier alpha value is -2.08. The monoisotopic (exact) mass is 239 g/mol. The number of aryl methyl sites for hydroxylation is 4. The lowest BCUT2D eigenvalue weighted by Crippen LogP contribution is -2.08. The molecule has 18 heavy (non-hydrogen) atoms. The Morgan fingerprint density at radius 1 is 1.17 bits per heavy atom. The van der Waals surface area contributed by atoms with Crippen LogP contribution in [0.3, 0.4) is 0 Å². The maximum atomic E-state index is 9.46. The van der Waals surface area contributed by atoms with Crippen molar-refractivity contribution in [2.45, 2.75) is 26.7 Å². The highest BCUT2D eigenvalue weighted by molar-refractivity contribution is 5.43. The number of imidazole rings is 1. The lowest BCUT2D eigenvalue weighted by Gasteiger charge is -2.14. The third-order valence-corrected chi connectivity index (χ3v) is 3.44. The van der Waals surface area contributed by atoms with Gasteiger partial charge < -0.3 is 4.57 Å². The van der Waals surface area contributed by atoms with E-state index in [-0.39, 0.29) is 5.92 Å². The minimum Gasteiger partial charge on any atom is -0.337 e. The third-order valence-electron chi connectivity index (χ3n) is 3.44. The van der Waals surface area contributed by atoms with E-state index in [4.69, 9.17) is 0 Å². The number of nitriles is 1. The number of hydrogen-bond acceptors (Lipinski definition) is 2. The predicted molar refractivity (Wildman–Crippen MR) is 71.3 cm³/mol. The van der Waals surface area contributed by atoms with Gasteiger partial charge in [-0.3, -0.25) is 0 Å². The molecule has 1 heterocycles. The van der Waals surface area contributed by atoms with E-state index in [9.17, 15) is 5.26 Å². The SMILES string of the molecule is Cc1cc(C)c(C(C#N)c2nccn2C)cc1C. The van der Waals surface area contributed by atoms with E-state index in [1.807, 2.05) is 17.8 Å². The molecule has 1 unspecified atom stereocenters. The van der Waals surface area contributed by atoms with E-state index < -0.39 is 0 Å². The lowest BCUT2D eigenvalue weighted by molar-refractivity contribution is 0.780. The Morgan fingerprint density at radius 2 is 1.83 bits per heavy atom. The quantitative estimate of drug-likeness (QED) is 0.808. The van der Waals surface area contributed by atoms with Gasteiger partial charge in [0.15, 0.2) is 0 Å². The Balaban J connectivity index is 2.57. The van der Waals surface area contributed by atoms with E-state index in [1.54, 1.807) is 6.20 Å². The fourth-order valence-electron chi connectivity index (χ4n) is 2.22. The molecule has 2 rings (SSSR count). The molecule has 0 aliphatic heterocycles. The smallest absolute Gasteiger partial charge is 0.130 e. The van der Waals surface area contributed by atoms with Crippen molar-refractivity contribution in [1.29, 1.82) is 5.26 Å². The van der Waals surface area contributed by atoms with Gasteiger partial charge in [0.05, 0.1) is 6.07 Å². The molecule has 0 radical (unpaired) electrons. The van der Waals surface area contributed by atoms with Gasteiger partial charge >= 0.3 is 0 Å². The second kappa shape index (κ2) is 4.66. The molecule has 2 aromatic rings. The maximum Gasteiger partial charge on any atom is 0.130 e. The number of aromatic nitrogens is 2. The van der Waals surface area contributed by atoms with Crippen molar-refractivity contribution in [3.63, 3.8) is 0 Å². The predicted octanol–water partition coefficient (Wildman–Crippen LogP) is 3.00. The molecule has 0 bridgehead atoms. The molecule has 3 nitrogen and oxygen atoms in total. The first kappa shape index (κ1) is 12.4. The Bertz CT molecular complexity index is 617. The van der Waals surface area contributed by atoms with Crippen molar-refractivity contribution in [3.8, 4) is 6.07 Å². The van der Waals surface area contributed by atoms with Crippen LogP contribution in [0.2, 0.25) is 0 Å². The average molecular weight is 239 g/mol. The first-order chi connectivity index (χ1) is 8.54. The third kappa shape index (κ3) is 2.02. The summed E-state index contributed by atoms with van der Waals surface area (Å²) in [5.41, 5.74) is 4.67. The van der Waals surface area contributed by atoms with Crippen LogP contribution in [0.4, 0.5) is 0 Å². The molecule has 0 aliphatic carbocycles. The van der Waals surface area contributed by atoms with Crippen molar-refractivity contribution in [1.82, 2.24) is 9.55 Å². The normalized spacial score (nSPS) is 12.2. The van der Waals surface area contributed by atoms with Crippen LogP contribution in [0.25, 0.3) is 0 Å². The number of nitrogens with zero attached hydrogens (tertiary/aromatic N) is 3. The second-order valence-electron chi connectivity index (χ2n) is 4.75. The first-order valence-electron chi connectivity index (χ1n) is 5.99. The Labute approximate surface area is 108 Å². The molecule has 3 heteroatoms. The highest BCUT2D eigenvalue weighted by atomic mass is 15.0. The molecule has 1 aromatic heterocycles. The molecule has 0 N–H and O–H groups in total. The highest BCUT2D eigenvalue weighted by Crippen LogP contribution is 2.27.